The number of hydrogen-bond donors (Lipinski definition) is 2. The maximum Gasteiger partial charge on any atom is 0.214 e. The van der Waals surface area contributed by atoms with Gasteiger partial charge in [0.2, 0.25) is 10.0 Å². The summed E-state index contributed by atoms with van der Waals surface area (Å²) in [5.74, 6) is 0.437. The fourth-order valence-electron chi connectivity index (χ4n) is 1.53. The molecule has 1 rings (SSSR count). The van der Waals surface area contributed by atoms with Gasteiger partial charge in [-0.1, -0.05) is 13.8 Å². The van der Waals surface area contributed by atoms with E-state index in [0.29, 0.717) is 19.0 Å². The largest absolute Gasteiger partial charge is 0.387 e. The lowest BCUT2D eigenvalue weighted by Gasteiger charge is -2.23. The molecule has 0 saturated heterocycles. The SMILES string of the molecule is CCN(CC(C)C(=N)N)S(=O)(=O)CC1CC1. The number of hydrogen-bond acceptors (Lipinski definition) is 3. The lowest BCUT2D eigenvalue weighted by molar-refractivity contribution is 0.402. The average molecular weight is 247 g/mol. The zero-order valence-corrected chi connectivity index (χ0v) is 10.8. The molecule has 0 bridgehead atoms. The molecule has 6 heteroatoms. The minimum atomic E-state index is -3.16. The van der Waals surface area contributed by atoms with Crippen LogP contribution in [0.1, 0.15) is 26.7 Å². The van der Waals surface area contributed by atoms with Crippen LogP contribution in [0.15, 0.2) is 0 Å². The van der Waals surface area contributed by atoms with E-state index in [1.54, 1.807) is 6.92 Å². The standard InChI is InChI=1S/C10H21N3O2S/c1-3-13(6-8(2)10(11)12)16(14,15)7-9-4-5-9/h8-9H,3-7H2,1-2H3,(H3,11,12). The van der Waals surface area contributed by atoms with E-state index in [1.807, 2.05) is 6.92 Å². The summed E-state index contributed by atoms with van der Waals surface area (Å²) in [6, 6.07) is 0. The highest BCUT2D eigenvalue weighted by molar-refractivity contribution is 7.89. The van der Waals surface area contributed by atoms with Gasteiger partial charge in [-0.25, -0.2) is 12.7 Å². The predicted molar refractivity (Wildman–Crippen MR) is 64.8 cm³/mol. The molecule has 0 aromatic carbocycles. The van der Waals surface area contributed by atoms with Crippen molar-refractivity contribution in [3.05, 3.63) is 0 Å². The van der Waals surface area contributed by atoms with Crippen LogP contribution in [0.25, 0.3) is 0 Å². The normalized spacial score (nSPS) is 18.7. The molecule has 1 fully saturated rings. The van der Waals surface area contributed by atoms with Gasteiger partial charge in [0.1, 0.15) is 0 Å². The molecule has 0 aromatic rings. The molecule has 0 heterocycles. The first-order chi connectivity index (χ1) is 7.36. The molecule has 3 N–H and O–H groups in total. The van der Waals surface area contributed by atoms with E-state index in [0.717, 1.165) is 12.8 Å². The first-order valence-corrected chi connectivity index (χ1v) is 7.29. The number of amidine groups is 1. The second kappa shape index (κ2) is 5.14. The van der Waals surface area contributed by atoms with Gasteiger partial charge in [0, 0.05) is 19.0 Å². The lowest BCUT2D eigenvalue weighted by atomic mass is 10.1. The Morgan fingerprint density at radius 3 is 2.50 bits per heavy atom. The molecule has 0 amide bonds. The Bertz CT molecular complexity index is 349. The van der Waals surface area contributed by atoms with Crippen molar-refractivity contribution in [1.29, 1.82) is 5.41 Å². The topological polar surface area (TPSA) is 87.2 Å². The van der Waals surface area contributed by atoms with Crippen LogP contribution in [-0.2, 0) is 10.0 Å². The number of nitrogens with one attached hydrogen (secondary N) is 1. The Morgan fingerprint density at radius 1 is 1.56 bits per heavy atom. The number of rotatable bonds is 7. The van der Waals surface area contributed by atoms with E-state index < -0.39 is 10.0 Å². The maximum absolute atomic E-state index is 12.0. The fraction of sp³-hybridized carbons (Fsp3) is 0.900. The summed E-state index contributed by atoms with van der Waals surface area (Å²) in [7, 11) is -3.16. The van der Waals surface area contributed by atoms with Crippen LogP contribution in [0.4, 0.5) is 0 Å². The predicted octanol–water partition coefficient (Wildman–Crippen LogP) is 0.620. The summed E-state index contributed by atoms with van der Waals surface area (Å²) in [5, 5.41) is 7.28. The molecule has 1 aliphatic rings. The number of nitrogens with two attached hydrogens (primary N) is 1. The molecule has 0 aliphatic heterocycles. The second-order valence-electron chi connectivity index (χ2n) is 4.53. The summed E-state index contributed by atoms with van der Waals surface area (Å²) in [4.78, 5) is 0. The van der Waals surface area contributed by atoms with E-state index >= 15 is 0 Å². The third-order valence-electron chi connectivity index (χ3n) is 2.90. The van der Waals surface area contributed by atoms with Crippen molar-refractivity contribution in [2.24, 2.45) is 17.6 Å². The average Bonchev–Trinajstić information content (AvgIpc) is 2.96. The van der Waals surface area contributed by atoms with Crippen LogP contribution < -0.4 is 5.73 Å². The summed E-state index contributed by atoms with van der Waals surface area (Å²) in [5.41, 5.74) is 5.36. The minimum Gasteiger partial charge on any atom is -0.387 e. The maximum atomic E-state index is 12.0. The van der Waals surface area contributed by atoms with Crippen LogP contribution in [0.3, 0.4) is 0 Å². The number of nitrogens with zero attached hydrogens (tertiary/aromatic N) is 1. The first kappa shape index (κ1) is 13.4. The minimum absolute atomic E-state index is 0.0417. The first-order valence-electron chi connectivity index (χ1n) is 5.68. The van der Waals surface area contributed by atoms with Crippen molar-refractivity contribution in [3.63, 3.8) is 0 Å². The molecule has 94 valence electrons. The quantitative estimate of drug-likeness (QED) is 0.510. The molecule has 0 radical (unpaired) electrons. The highest BCUT2D eigenvalue weighted by Crippen LogP contribution is 2.31. The van der Waals surface area contributed by atoms with Crippen molar-refractivity contribution in [3.8, 4) is 0 Å². The van der Waals surface area contributed by atoms with Gasteiger partial charge < -0.3 is 5.73 Å². The van der Waals surface area contributed by atoms with E-state index in [9.17, 15) is 8.42 Å². The van der Waals surface area contributed by atoms with Crippen molar-refractivity contribution in [2.75, 3.05) is 18.8 Å². The van der Waals surface area contributed by atoms with E-state index in [2.05, 4.69) is 0 Å². The molecular formula is C10H21N3O2S. The van der Waals surface area contributed by atoms with E-state index in [4.69, 9.17) is 11.1 Å². The monoisotopic (exact) mass is 247 g/mol. The number of sulfonamides is 1. The Labute approximate surface area is 97.6 Å². The van der Waals surface area contributed by atoms with Crippen LogP contribution in [0.2, 0.25) is 0 Å². The molecule has 0 aromatic heterocycles. The summed E-state index contributed by atoms with van der Waals surface area (Å²) < 4.78 is 25.4. The molecule has 1 atom stereocenters. The fourth-order valence-corrected chi connectivity index (χ4v) is 3.51. The van der Waals surface area contributed by atoms with Gasteiger partial charge in [-0.05, 0) is 18.8 Å². The van der Waals surface area contributed by atoms with Crippen LogP contribution in [0.5, 0.6) is 0 Å². The van der Waals surface area contributed by atoms with Crippen molar-refractivity contribution in [1.82, 2.24) is 4.31 Å². The van der Waals surface area contributed by atoms with E-state index in [-0.39, 0.29) is 17.5 Å². The Hall–Kier alpha value is -0.620. The molecule has 1 aliphatic carbocycles. The van der Waals surface area contributed by atoms with Gasteiger partial charge in [-0.15, -0.1) is 0 Å². The lowest BCUT2D eigenvalue weighted by Crippen LogP contribution is -2.39. The van der Waals surface area contributed by atoms with Crippen molar-refractivity contribution >= 4 is 15.9 Å². The third kappa shape index (κ3) is 3.75. The zero-order chi connectivity index (χ0) is 12.3. The van der Waals surface area contributed by atoms with Crippen LogP contribution in [0, 0.1) is 17.2 Å². The van der Waals surface area contributed by atoms with Gasteiger partial charge in [0.25, 0.3) is 0 Å². The van der Waals surface area contributed by atoms with Gasteiger partial charge in [0.05, 0.1) is 11.6 Å². The Balaban J connectivity index is 2.61. The summed E-state index contributed by atoms with van der Waals surface area (Å²) >= 11 is 0. The molecule has 16 heavy (non-hydrogen) atoms. The summed E-state index contributed by atoms with van der Waals surface area (Å²) in [6.07, 6.45) is 2.05. The Morgan fingerprint density at radius 2 is 2.12 bits per heavy atom. The summed E-state index contributed by atoms with van der Waals surface area (Å²) in [6.45, 7) is 4.36. The van der Waals surface area contributed by atoms with Gasteiger partial charge >= 0.3 is 0 Å². The van der Waals surface area contributed by atoms with Crippen LogP contribution in [-0.4, -0.2) is 37.4 Å². The zero-order valence-electron chi connectivity index (χ0n) is 9.94. The van der Waals surface area contributed by atoms with Gasteiger partial charge in [-0.2, -0.15) is 0 Å². The molecule has 0 spiro atoms. The van der Waals surface area contributed by atoms with Gasteiger partial charge in [-0.3, -0.25) is 5.41 Å². The third-order valence-corrected chi connectivity index (χ3v) is 4.98. The highest BCUT2D eigenvalue weighted by Gasteiger charge is 2.32. The van der Waals surface area contributed by atoms with E-state index in [1.165, 1.54) is 4.31 Å². The Kier molecular flexibility index (Phi) is 4.32. The van der Waals surface area contributed by atoms with Gasteiger partial charge in [0.15, 0.2) is 0 Å². The molecule has 5 nitrogen and oxygen atoms in total. The van der Waals surface area contributed by atoms with Crippen molar-refractivity contribution < 1.29 is 8.42 Å². The van der Waals surface area contributed by atoms with Crippen molar-refractivity contribution in [2.45, 2.75) is 26.7 Å². The molecular weight excluding hydrogens is 226 g/mol. The molecule has 1 saturated carbocycles. The highest BCUT2D eigenvalue weighted by atomic mass is 32.2. The smallest absolute Gasteiger partial charge is 0.214 e. The molecule has 1 unspecified atom stereocenters. The van der Waals surface area contributed by atoms with Crippen LogP contribution >= 0.6 is 0 Å². The second-order valence-corrected chi connectivity index (χ2v) is 6.54.